The first-order valence-electron chi connectivity index (χ1n) is 7.34. The number of methoxy groups -OCH3 is 1. The lowest BCUT2D eigenvalue weighted by Gasteiger charge is -2.09. The number of rotatable bonds is 2. The van der Waals surface area contributed by atoms with Crippen molar-refractivity contribution in [2.24, 2.45) is 0 Å². The van der Waals surface area contributed by atoms with Gasteiger partial charge in [0.15, 0.2) is 0 Å². The Morgan fingerprint density at radius 3 is 2.65 bits per heavy atom. The predicted octanol–water partition coefficient (Wildman–Crippen LogP) is 3.14. The molecule has 2 aliphatic heterocycles. The van der Waals surface area contributed by atoms with Crippen molar-refractivity contribution in [1.29, 1.82) is 0 Å². The molecule has 0 aliphatic carbocycles. The lowest BCUT2D eigenvalue weighted by atomic mass is 10.0. The second kappa shape index (κ2) is 4.98. The number of para-hydroxylation sites is 1. The van der Waals surface area contributed by atoms with Gasteiger partial charge >= 0.3 is 0 Å². The fraction of sp³-hybridized carbons (Fsp3) is 0.111. The summed E-state index contributed by atoms with van der Waals surface area (Å²) in [6.45, 7) is 1.98. The number of H-pyrrole nitrogens is 1. The smallest absolute Gasteiger partial charge is 0.282 e. The molecule has 0 atom stereocenters. The van der Waals surface area contributed by atoms with Crippen LogP contribution in [0.15, 0.2) is 53.5 Å². The Bertz CT molecular complexity index is 1030. The van der Waals surface area contributed by atoms with Crippen LogP contribution in [0.5, 0.6) is 5.75 Å². The van der Waals surface area contributed by atoms with E-state index < -0.39 is 0 Å². The van der Waals surface area contributed by atoms with Gasteiger partial charge in [0.25, 0.3) is 5.56 Å². The summed E-state index contributed by atoms with van der Waals surface area (Å²) < 4.78 is 6.80. The molecule has 0 radical (unpaired) electrons. The molecule has 2 aliphatic rings. The molecule has 0 fully saturated rings. The molecule has 0 aromatic heterocycles. The summed E-state index contributed by atoms with van der Waals surface area (Å²) in [6.07, 6.45) is 1.72. The van der Waals surface area contributed by atoms with Gasteiger partial charge in [0.1, 0.15) is 11.4 Å². The molecule has 5 heteroatoms. The zero-order chi connectivity index (χ0) is 16.0. The molecule has 1 N–H and O–H groups in total. The maximum Gasteiger partial charge on any atom is 0.282 e. The van der Waals surface area contributed by atoms with Gasteiger partial charge in [0.05, 0.1) is 23.9 Å². The number of fused-ring (bicyclic) bond motifs is 3. The Balaban J connectivity index is 2.06. The van der Waals surface area contributed by atoms with E-state index in [9.17, 15) is 4.79 Å². The second-order valence-electron chi connectivity index (χ2n) is 5.42. The molecular weight excluding hydrogens is 290 g/mol. The average molecular weight is 305 g/mol. The van der Waals surface area contributed by atoms with E-state index in [1.807, 2.05) is 49.4 Å². The first-order valence-corrected chi connectivity index (χ1v) is 7.34. The third kappa shape index (κ3) is 1.93. The number of aromatic nitrogens is 3. The summed E-state index contributed by atoms with van der Waals surface area (Å²) in [5.41, 5.74) is 3.82. The van der Waals surface area contributed by atoms with Crippen molar-refractivity contribution < 1.29 is 4.74 Å². The van der Waals surface area contributed by atoms with Gasteiger partial charge in [0, 0.05) is 17.1 Å². The molecule has 0 spiro atoms. The van der Waals surface area contributed by atoms with E-state index in [4.69, 9.17) is 4.74 Å². The first kappa shape index (κ1) is 13.6. The normalized spacial score (nSPS) is 11.2. The monoisotopic (exact) mass is 305 g/mol. The van der Waals surface area contributed by atoms with Crippen molar-refractivity contribution in [1.82, 2.24) is 14.8 Å². The fourth-order valence-corrected chi connectivity index (χ4v) is 2.93. The number of aromatic amines is 1. The van der Waals surface area contributed by atoms with E-state index in [0.29, 0.717) is 11.3 Å². The van der Waals surface area contributed by atoms with Crippen LogP contribution >= 0.6 is 0 Å². The number of nitrogens with one attached hydrogen (secondary N) is 1. The van der Waals surface area contributed by atoms with Crippen LogP contribution in [0, 0.1) is 6.92 Å². The molecule has 2 aromatic rings. The third-order valence-electron chi connectivity index (χ3n) is 4.13. The highest BCUT2D eigenvalue weighted by Crippen LogP contribution is 2.31. The lowest BCUT2D eigenvalue weighted by Crippen LogP contribution is -2.14. The average Bonchev–Trinajstić information content (AvgIpc) is 2.93. The number of benzene rings is 2. The number of hydrogen-bond acceptors (Lipinski definition) is 3. The number of aryl methyl sites for hydroxylation is 1. The van der Waals surface area contributed by atoms with Gasteiger partial charge < -0.3 is 9.72 Å². The third-order valence-corrected chi connectivity index (χ3v) is 4.13. The molecule has 4 rings (SSSR count). The van der Waals surface area contributed by atoms with Gasteiger partial charge in [-0.15, -0.1) is 0 Å². The van der Waals surface area contributed by atoms with Crippen LogP contribution in [0.2, 0.25) is 0 Å². The van der Waals surface area contributed by atoms with Crippen LogP contribution in [0.3, 0.4) is 0 Å². The second-order valence-corrected chi connectivity index (χ2v) is 5.42. The maximum atomic E-state index is 12.6. The van der Waals surface area contributed by atoms with Gasteiger partial charge in [-0.1, -0.05) is 18.2 Å². The van der Waals surface area contributed by atoms with Gasteiger partial charge in [0.2, 0.25) is 0 Å². The van der Waals surface area contributed by atoms with E-state index in [1.165, 1.54) is 4.68 Å². The quantitative estimate of drug-likeness (QED) is 0.619. The summed E-state index contributed by atoms with van der Waals surface area (Å²) in [7, 11) is 1.65. The summed E-state index contributed by atoms with van der Waals surface area (Å²) in [4.78, 5) is 15.8. The molecule has 0 saturated heterocycles. The largest absolute Gasteiger partial charge is 0.496 e. The number of pyridine rings is 1. The molecule has 5 nitrogen and oxygen atoms in total. The summed E-state index contributed by atoms with van der Waals surface area (Å²) in [6, 6.07) is 13.3. The topological polar surface area (TPSA) is 59.9 Å². The zero-order valence-electron chi connectivity index (χ0n) is 12.8. The minimum absolute atomic E-state index is 0.127. The van der Waals surface area contributed by atoms with Crippen molar-refractivity contribution in [3.8, 4) is 22.7 Å². The molecule has 114 valence electrons. The molecule has 0 amide bonds. The molecular formula is C18H15N3O2. The van der Waals surface area contributed by atoms with Crippen LogP contribution < -0.4 is 10.3 Å². The first-order chi connectivity index (χ1) is 11.2. The molecule has 0 bridgehead atoms. The highest BCUT2D eigenvalue weighted by Gasteiger charge is 2.20. The number of hydrogen-bond donors (Lipinski definition) is 1. The molecule has 2 aromatic carbocycles. The summed E-state index contributed by atoms with van der Waals surface area (Å²) in [5.74, 6) is 0.804. The Labute approximate surface area is 132 Å². The Morgan fingerprint density at radius 1 is 1.13 bits per heavy atom. The predicted molar refractivity (Wildman–Crippen MR) is 89.6 cm³/mol. The highest BCUT2D eigenvalue weighted by atomic mass is 16.5. The SMILES string of the molecule is COc1ccc2c3nn(-c4ccccc4)c(=O)c-3c[nH]c2c1C. The number of nitrogens with zero attached hydrogens (tertiary/aromatic N) is 2. The van der Waals surface area contributed by atoms with E-state index in [0.717, 1.165) is 27.9 Å². The van der Waals surface area contributed by atoms with Gasteiger partial charge in [-0.05, 0) is 31.2 Å². The van der Waals surface area contributed by atoms with Crippen LogP contribution in [0.4, 0.5) is 0 Å². The van der Waals surface area contributed by atoms with Crippen molar-refractivity contribution in [2.75, 3.05) is 7.11 Å². The Hall–Kier alpha value is -3.08. The standard InChI is InChI=1S/C18H15N3O2/c1-11-15(23-2)9-8-13-16(11)19-10-14-17(13)20-21(18(14)22)12-6-4-3-5-7-12/h3-10,19H,1-2H3. The van der Waals surface area contributed by atoms with Gasteiger partial charge in [-0.3, -0.25) is 4.79 Å². The Morgan fingerprint density at radius 2 is 1.91 bits per heavy atom. The zero-order valence-corrected chi connectivity index (χ0v) is 12.8. The van der Waals surface area contributed by atoms with E-state index in [1.54, 1.807) is 13.3 Å². The van der Waals surface area contributed by atoms with E-state index >= 15 is 0 Å². The van der Waals surface area contributed by atoms with Crippen molar-refractivity contribution in [3.05, 3.63) is 64.6 Å². The van der Waals surface area contributed by atoms with E-state index in [-0.39, 0.29) is 5.56 Å². The van der Waals surface area contributed by atoms with Crippen molar-refractivity contribution in [3.63, 3.8) is 0 Å². The van der Waals surface area contributed by atoms with Gasteiger partial charge in [-0.25, -0.2) is 0 Å². The fourth-order valence-electron chi connectivity index (χ4n) is 2.93. The molecule has 23 heavy (non-hydrogen) atoms. The lowest BCUT2D eigenvalue weighted by molar-refractivity contribution is 0.412. The van der Waals surface area contributed by atoms with Crippen LogP contribution in [-0.4, -0.2) is 21.9 Å². The highest BCUT2D eigenvalue weighted by molar-refractivity contribution is 5.95. The summed E-state index contributed by atoms with van der Waals surface area (Å²) in [5, 5.41) is 5.46. The number of ether oxygens (including phenoxy) is 1. The minimum Gasteiger partial charge on any atom is -0.496 e. The van der Waals surface area contributed by atoms with Crippen LogP contribution in [0.25, 0.3) is 27.8 Å². The van der Waals surface area contributed by atoms with Crippen LogP contribution in [-0.2, 0) is 0 Å². The molecule has 0 saturated carbocycles. The van der Waals surface area contributed by atoms with Crippen LogP contribution in [0.1, 0.15) is 5.56 Å². The van der Waals surface area contributed by atoms with Crippen molar-refractivity contribution >= 4 is 10.9 Å². The summed E-state index contributed by atoms with van der Waals surface area (Å²) >= 11 is 0. The maximum absolute atomic E-state index is 12.6. The van der Waals surface area contributed by atoms with E-state index in [2.05, 4.69) is 10.1 Å². The minimum atomic E-state index is -0.127. The van der Waals surface area contributed by atoms with Crippen molar-refractivity contribution in [2.45, 2.75) is 6.92 Å². The van der Waals surface area contributed by atoms with Gasteiger partial charge in [-0.2, -0.15) is 9.78 Å². The Kier molecular flexibility index (Phi) is 2.94. The molecule has 0 unspecified atom stereocenters. The molecule has 2 heterocycles.